The predicted octanol–water partition coefficient (Wildman–Crippen LogP) is 22.6. The molecule has 0 unspecified atom stereocenters. The van der Waals surface area contributed by atoms with Gasteiger partial charge in [0.2, 0.25) is 0 Å². The van der Waals surface area contributed by atoms with E-state index < -0.39 is 0 Å². The molecule has 2 aromatic heterocycles. The van der Waals surface area contributed by atoms with E-state index >= 15 is 0 Å². The molecule has 4 nitrogen and oxygen atoms in total. The van der Waals surface area contributed by atoms with Gasteiger partial charge < -0.3 is 18.6 Å². The predicted molar refractivity (Wildman–Crippen MR) is 345 cm³/mol. The number of anilines is 6. The van der Waals surface area contributed by atoms with Gasteiger partial charge in [-0.25, -0.2) is 0 Å². The average molecular weight is 1050 g/mol. The van der Waals surface area contributed by atoms with Gasteiger partial charge in [-0.3, -0.25) is 0 Å². The quantitative estimate of drug-likeness (QED) is 0.128. The van der Waals surface area contributed by atoms with Gasteiger partial charge in [0, 0.05) is 43.4 Å². The fourth-order valence-corrected chi connectivity index (χ4v) is 12.7. The lowest BCUT2D eigenvalue weighted by Gasteiger charge is -2.31. The standard InChI is InChI=1S/C78H50N2O2/c1-5-23-51(24-6-1)55-43-45-69(65(47-55)53-27-9-3-10-28-53)79(71-39-21-37-63-61-35-17-19-41-75(61)81-77(63)71)73-49-67-58-32-14-16-34-60(58)74(50-68(67)57-31-13-15-33-59(57)73)80(72-40-22-38-64-62-36-18-20-42-76(62)82-78(64)72)70-46-44-56(52-25-7-2-8-26-52)48-66(70)54-29-11-4-12-30-54/h1-50H. The van der Waals surface area contributed by atoms with Crippen molar-refractivity contribution >= 4 is 110 Å². The molecule has 0 amide bonds. The lowest BCUT2D eigenvalue weighted by atomic mass is 9.91. The van der Waals surface area contributed by atoms with Crippen molar-refractivity contribution in [2.24, 2.45) is 0 Å². The van der Waals surface area contributed by atoms with Crippen molar-refractivity contribution in [3.63, 3.8) is 0 Å². The summed E-state index contributed by atoms with van der Waals surface area (Å²) in [6.45, 7) is 0. The summed E-state index contributed by atoms with van der Waals surface area (Å²) in [6.07, 6.45) is 0. The summed E-state index contributed by atoms with van der Waals surface area (Å²) >= 11 is 0. The van der Waals surface area contributed by atoms with Crippen molar-refractivity contribution in [2.75, 3.05) is 9.80 Å². The smallest absolute Gasteiger partial charge is 0.159 e. The van der Waals surface area contributed by atoms with Crippen LogP contribution in [0, 0.1) is 0 Å². The highest BCUT2D eigenvalue weighted by atomic mass is 16.3. The van der Waals surface area contributed by atoms with Crippen LogP contribution in [0.15, 0.2) is 312 Å². The Morgan fingerprint density at radius 3 is 0.915 bits per heavy atom. The Hall–Kier alpha value is -10.9. The minimum absolute atomic E-state index is 0.821. The maximum atomic E-state index is 7.01. The first kappa shape index (κ1) is 47.1. The van der Waals surface area contributed by atoms with Crippen LogP contribution in [0.3, 0.4) is 0 Å². The lowest BCUT2D eigenvalue weighted by molar-refractivity contribution is 0.669. The Bertz CT molecular complexity index is 4780. The van der Waals surface area contributed by atoms with Crippen LogP contribution in [0.5, 0.6) is 0 Å². The largest absolute Gasteiger partial charge is 0.454 e. The van der Waals surface area contributed by atoms with Crippen LogP contribution in [0.4, 0.5) is 34.1 Å². The van der Waals surface area contributed by atoms with Gasteiger partial charge in [-0.05, 0) is 116 Å². The van der Waals surface area contributed by atoms with Crippen LogP contribution in [-0.4, -0.2) is 0 Å². The summed E-state index contributed by atoms with van der Waals surface area (Å²) in [5.74, 6) is 0. The van der Waals surface area contributed by atoms with E-state index in [1.54, 1.807) is 0 Å². The van der Waals surface area contributed by atoms with Crippen molar-refractivity contribution in [3.8, 4) is 44.5 Å². The fourth-order valence-electron chi connectivity index (χ4n) is 12.7. The first-order valence-corrected chi connectivity index (χ1v) is 28.0. The lowest BCUT2D eigenvalue weighted by Crippen LogP contribution is -2.13. The SMILES string of the molecule is c1ccc(-c2ccc(N(c3cc4c5ccccc5c(N(c5ccc(-c6ccccc6)cc5-c5ccccc5)c5cccc6c5oc5ccccc56)cc4c4ccccc34)c3cccc4c3oc3ccccc34)c(-c3ccccc3)c2)cc1. The van der Waals surface area contributed by atoms with Crippen LogP contribution in [0.1, 0.15) is 0 Å². The number of para-hydroxylation sites is 4. The molecule has 16 aromatic rings. The molecular weight excluding hydrogens is 997 g/mol. The highest BCUT2D eigenvalue weighted by molar-refractivity contribution is 6.26. The normalized spacial score (nSPS) is 11.7. The first-order chi connectivity index (χ1) is 40.7. The Balaban J connectivity index is 1.01. The van der Waals surface area contributed by atoms with E-state index in [0.29, 0.717) is 0 Å². The molecule has 0 aliphatic heterocycles. The van der Waals surface area contributed by atoms with E-state index in [4.69, 9.17) is 8.83 Å². The van der Waals surface area contributed by atoms with Gasteiger partial charge in [0.25, 0.3) is 0 Å². The zero-order valence-corrected chi connectivity index (χ0v) is 44.6. The third-order valence-electron chi connectivity index (χ3n) is 16.4. The maximum absolute atomic E-state index is 7.01. The van der Waals surface area contributed by atoms with E-state index in [9.17, 15) is 0 Å². The molecule has 14 aromatic carbocycles. The summed E-state index contributed by atoms with van der Waals surface area (Å²) < 4.78 is 14.0. The Labute approximate surface area is 474 Å². The van der Waals surface area contributed by atoms with Crippen LogP contribution >= 0.6 is 0 Å². The molecule has 0 atom stereocenters. The van der Waals surface area contributed by atoms with Crippen molar-refractivity contribution < 1.29 is 8.83 Å². The summed E-state index contributed by atoms with van der Waals surface area (Å²) in [4.78, 5) is 4.92. The van der Waals surface area contributed by atoms with Crippen LogP contribution in [0.2, 0.25) is 0 Å². The highest BCUT2D eigenvalue weighted by Crippen LogP contribution is 2.53. The number of nitrogens with zero attached hydrogens (tertiary/aromatic N) is 2. The molecule has 0 aliphatic carbocycles. The zero-order chi connectivity index (χ0) is 54.1. The summed E-state index contributed by atoms with van der Waals surface area (Å²) in [5.41, 5.74) is 18.4. The Morgan fingerprint density at radius 1 is 0.183 bits per heavy atom. The minimum atomic E-state index is 0.821. The van der Waals surface area contributed by atoms with Crippen molar-refractivity contribution in [2.45, 2.75) is 0 Å². The van der Waals surface area contributed by atoms with E-state index in [-0.39, 0.29) is 0 Å². The molecular formula is C78H50N2O2. The van der Waals surface area contributed by atoms with E-state index in [1.165, 1.54) is 0 Å². The molecule has 0 spiro atoms. The molecule has 0 fully saturated rings. The number of fused-ring (bicyclic) bond motifs is 11. The second-order valence-corrected chi connectivity index (χ2v) is 21.1. The second kappa shape index (κ2) is 19.5. The highest BCUT2D eigenvalue weighted by Gasteiger charge is 2.29. The molecule has 384 valence electrons. The van der Waals surface area contributed by atoms with Gasteiger partial charge >= 0.3 is 0 Å². The first-order valence-electron chi connectivity index (χ1n) is 28.0. The molecule has 4 heteroatoms. The van der Waals surface area contributed by atoms with Crippen LogP contribution < -0.4 is 9.80 Å². The van der Waals surface area contributed by atoms with E-state index in [2.05, 4.69) is 313 Å². The zero-order valence-electron chi connectivity index (χ0n) is 44.6. The van der Waals surface area contributed by atoms with Gasteiger partial charge in [-0.15, -0.1) is 0 Å². The van der Waals surface area contributed by atoms with Gasteiger partial charge in [-0.1, -0.05) is 243 Å². The maximum Gasteiger partial charge on any atom is 0.159 e. The Morgan fingerprint density at radius 2 is 0.512 bits per heavy atom. The Kier molecular flexibility index (Phi) is 11.2. The average Bonchev–Trinajstić information content (AvgIpc) is 3.76. The van der Waals surface area contributed by atoms with Crippen molar-refractivity contribution in [1.29, 1.82) is 0 Å². The summed E-state index contributed by atoms with van der Waals surface area (Å²) in [7, 11) is 0. The molecule has 0 bridgehead atoms. The molecule has 0 radical (unpaired) electrons. The van der Waals surface area contributed by atoms with Gasteiger partial charge in [0.1, 0.15) is 11.2 Å². The second-order valence-electron chi connectivity index (χ2n) is 21.1. The number of hydrogen-bond acceptors (Lipinski definition) is 4. The van der Waals surface area contributed by atoms with E-state index in [0.717, 1.165) is 155 Å². The fraction of sp³-hybridized carbons (Fsp3) is 0. The number of rotatable bonds is 10. The van der Waals surface area contributed by atoms with Gasteiger partial charge in [0.05, 0.1) is 34.1 Å². The third kappa shape index (κ3) is 7.76. The van der Waals surface area contributed by atoms with Crippen molar-refractivity contribution in [1.82, 2.24) is 0 Å². The molecule has 0 aliphatic rings. The number of benzene rings is 14. The summed E-state index contributed by atoms with van der Waals surface area (Å²) in [5, 5.41) is 11.0. The monoisotopic (exact) mass is 1050 g/mol. The molecule has 0 saturated heterocycles. The minimum Gasteiger partial charge on any atom is -0.454 e. The van der Waals surface area contributed by atoms with Gasteiger partial charge in [0.15, 0.2) is 11.2 Å². The van der Waals surface area contributed by atoms with Crippen LogP contribution in [0.25, 0.3) is 121 Å². The van der Waals surface area contributed by atoms with Crippen molar-refractivity contribution in [3.05, 3.63) is 303 Å². The topological polar surface area (TPSA) is 32.8 Å². The molecule has 0 N–H and O–H groups in total. The molecule has 2 heterocycles. The third-order valence-corrected chi connectivity index (χ3v) is 16.4. The van der Waals surface area contributed by atoms with Crippen LogP contribution in [-0.2, 0) is 0 Å². The molecule has 16 rings (SSSR count). The molecule has 82 heavy (non-hydrogen) atoms. The number of furan rings is 2. The number of hydrogen-bond donors (Lipinski definition) is 0. The van der Waals surface area contributed by atoms with Gasteiger partial charge in [-0.2, -0.15) is 0 Å². The summed E-state index contributed by atoms with van der Waals surface area (Å²) in [6, 6.07) is 109. The van der Waals surface area contributed by atoms with E-state index in [1.807, 2.05) is 0 Å². The molecule has 0 saturated carbocycles.